The van der Waals surface area contributed by atoms with Crippen molar-refractivity contribution >= 4 is 16.7 Å². The van der Waals surface area contributed by atoms with Crippen molar-refractivity contribution < 1.29 is 4.79 Å². The minimum atomic E-state index is -0.00436. The van der Waals surface area contributed by atoms with Crippen molar-refractivity contribution in [2.75, 3.05) is 26.2 Å². The summed E-state index contributed by atoms with van der Waals surface area (Å²) in [6, 6.07) is 8.41. The van der Waals surface area contributed by atoms with Crippen molar-refractivity contribution in [3.05, 3.63) is 48.3 Å². The molecule has 0 bridgehead atoms. The Bertz CT molecular complexity index is 797. The highest BCUT2D eigenvalue weighted by atomic mass is 16.1. The second-order valence-corrected chi connectivity index (χ2v) is 7.99. The number of carbonyl (C=O) groups is 1. The molecule has 0 amide bonds. The smallest absolute Gasteiger partial charge is 0.210 e. The Labute approximate surface area is 163 Å². The van der Waals surface area contributed by atoms with Gasteiger partial charge in [0.1, 0.15) is 0 Å². The Kier molecular flexibility index (Phi) is 6.38. The van der Waals surface area contributed by atoms with Gasteiger partial charge in [-0.1, -0.05) is 38.1 Å². The molecule has 4 heteroatoms. The summed E-state index contributed by atoms with van der Waals surface area (Å²) in [6.45, 7) is 14.6. The van der Waals surface area contributed by atoms with E-state index >= 15 is 0 Å². The first-order valence-corrected chi connectivity index (χ1v) is 10.3. The Morgan fingerprint density at radius 3 is 2.63 bits per heavy atom. The molecule has 1 aliphatic rings. The van der Waals surface area contributed by atoms with Crippen molar-refractivity contribution in [2.45, 2.75) is 46.1 Å². The molecule has 1 aliphatic heterocycles. The van der Waals surface area contributed by atoms with Gasteiger partial charge in [-0.05, 0) is 51.8 Å². The largest absolute Gasteiger partial charge is 0.381 e. The first kappa shape index (κ1) is 19.7. The van der Waals surface area contributed by atoms with Crippen LogP contribution in [0.25, 0.3) is 10.9 Å². The van der Waals surface area contributed by atoms with E-state index in [0.29, 0.717) is 11.7 Å². The number of nitrogens with one attached hydrogen (secondary N) is 1. The average molecular weight is 368 g/mol. The summed E-state index contributed by atoms with van der Waals surface area (Å²) in [5.74, 6) is 0.888. The molecule has 3 rings (SSSR count). The maximum atomic E-state index is 13.0. The van der Waals surface area contributed by atoms with Gasteiger partial charge in [0.25, 0.3) is 0 Å². The van der Waals surface area contributed by atoms with Gasteiger partial charge in [0.2, 0.25) is 5.78 Å². The topological polar surface area (TPSA) is 37.3 Å². The highest BCUT2D eigenvalue weighted by molar-refractivity contribution is 6.15. The van der Waals surface area contributed by atoms with Crippen molar-refractivity contribution in [2.24, 2.45) is 5.92 Å². The lowest BCUT2D eigenvalue weighted by molar-refractivity contribution is 0.102. The van der Waals surface area contributed by atoms with Gasteiger partial charge in [-0.3, -0.25) is 4.79 Å². The van der Waals surface area contributed by atoms with Crippen LogP contribution >= 0.6 is 0 Å². The van der Waals surface area contributed by atoms with Crippen LogP contribution in [0.3, 0.4) is 0 Å². The van der Waals surface area contributed by atoms with Gasteiger partial charge in [-0.2, -0.15) is 0 Å². The maximum Gasteiger partial charge on any atom is 0.210 e. The van der Waals surface area contributed by atoms with E-state index in [9.17, 15) is 4.79 Å². The van der Waals surface area contributed by atoms with Crippen LogP contribution < -0.4 is 5.32 Å². The molecule has 27 heavy (non-hydrogen) atoms. The molecule has 1 saturated heterocycles. The molecular weight excluding hydrogens is 334 g/mol. The SMILES string of the molecule is C=C(NCCN1CCC(CC)CC1)C(=O)c1cn(C(C)C)c2ccccc12. The highest BCUT2D eigenvalue weighted by Gasteiger charge is 2.20. The molecule has 4 nitrogen and oxygen atoms in total. The zero-order chi connectivity index (χ0) is 19.4. The van der Waals surface area contributed by atoms with Crippen molar-refractivity contribution in [1.29, 1.82) is 0 Å². The summed E-state index contributed by atoms with van der Waals surface area (Å²) < 4.78 is 2.16. The fourth-order valence-corrected chi connectivity index (χ4v) is 4.04. The Balaban J connectivity index is 1.60. The number of likely N-dealkylation sites (tertiary alicyclic amines) is 1. The van der Waals surface area contributed by atoms with Gasteiger partial charge < -0.3 is 14.8 Å². The third-order valence-corrected chi connectivity index (χ3v) is 5.87. The number of piperidine rings is 1. The van der Waals surface area contributed by atoms with Crippen molar-refractivity contribution in [3.63, 3.8) is 0 Å². The van der Waals surface area contributed by atoms with Crippen LogP contribution in [-0.2, 0) is 0 Å². The number of Topliss-reactive ketones (excluding diaryl/α,β-unsaturated/α-hetero) is 1. The third kappa shape index (κ3) is 4.44. The molecule has 1 aromatic carbocycles. The number of carbonyl (C=O) groups excluding carboxylic acids is 1. The Hall–Kier alpha value is -2.07. The minimum absolute atomic E-state index is 0.00436. The molecular formula is C23H33N3O. The monoisotopic (exact) mass is 367 g/mol. The zero-order valence-electron chi connectivity index (χ0n) is 17.0. The lowest BCUT2D eigenvalue weighted by Crippen LogP contribution is -2.38. The zero-order valence-corrected chi connectivity index (χ0v) is 17.0. The summed E-state index contributed by atoms with van der Waals surface area (Å²) in [5, 5.41) is 4.26. The number of fused-ring (bicyclic) bond motifs is 1. The molecule has 0 radical (unpaired) electrons. The maximum absolute atomic E-state index is 13.0. The highest BCUT2D eigenvalue weighted by Crippen LogP contribution is 2.26. The molecule has 2 aromatic rings. The molecule has 0 aliphatic carbocycles. The molecule has 0 unspecified atom stereocenters. The normalized spacial score (nSPS) is 16.1. The minimum Gasteiger partial charge on any atom is -0.381 e. The molecule has 0 spiro atoms. The van der Waals surface area contributed by atoms with Gasteiger partial charge in [-0.15, -0.1) is 0 Å². The number of ketones is 1. The van der Waals surface area contributed by atoms with E-state index in [2.05, 4.69) is 48.2 Å². The molecule has 0 atom stereocenters. The number of allylic oxidation sites excluding steroid dienone is 1. The van der Waals surface area contributed by atoms with Gasteiger partial charge in [-0.25, -0.2) is 0 Å². The van der Waals surface area contributed by atoms with Crippen LogP contribution in [0.1, 0.15) is 56.4 Å². The van der Waals surface area contributed by atoms with Crippen LogP contribution in [0.2, 0.25) is 0 Å². The summed E-state index contributed by atoms with van der Waals surface area (Å²) >= 11 is 0. The second kappa shape index (κ2) is 8.75. The lowest BCUT2D eigenvalue weighted by atomic mass is 9.94. The van der Waals surface area contributed by atoms with E-state index in [1.807, 2.05) is 24.4 Å². The van der Waals surface area contributed by atoms with Gasteiger partial charge in [0.15, 0.2) is 0 Å². The number of nitrogens with zero attached hydrogens (tertiary/aromatic N) is 2. The van der Waals surface area contributed by atoms with Crippen LogP contribution in [-0.4, -0.2) is 41.4 Å². The van der Waals surface area contributed by atoms with Crippen LogP contribution in [0, 0.1) is 5.92 Å². The molecule has 1 fully saturated rings. The van der Waals surface area contributed by atoms with E-state index in [0.717, 1.165) is 35.5 Å². The molecule has 1 N–H and O–H groups in total. The number of rotatable bonds is 8. The van der Waals surface area contributed by atoms with Crippen LogP contribution in [0.5, 0.6) is 0 Å². The number of aromatic nitrogens is 1. The number of hydrogen-bond acceptors (Lipinski definition) is 3. The summed E-state index contributed by atoms with van der Waals surface area (Å²) in [4.78, 5) is 15.5. The molecule has 2 heterocycles. The molecule has 0 saturated carbocycles. The van der Waals surface area contributed by atoms with Gasteiger partial charge in [0, 0.05) is 41.8 Å². The molecule has 146 valence electrons. The van der Waals surface area contributed by atoms with Gasteiger partial charge >= 0.3 is 0 Å². The first-order chi connectivity index (χ1) is 13.0. The average Bonchev–Trinajstić information content (AvgIpc) is 3.08. The Morgan fingerprint density at radius 1 is 1.26 bits per heavy atom. The fourth-order valence-electron chi connectivity index (χ4n) is 4.04. The quantitative estimate of drug-likeness (QED) is 0.546. The summed E-state index contributed by atoms with van der Waals surface area (Å²) in [6.07, 6.45) is 5.86. The third-order valence-electron chi connectivity index (χ3n) is 5.87. The molecule has 1 aromatic heterocycles. The standard InChI is InChI=1S/C23H33N3O/c1-5-19-10-13-25(14-11-19)15-12-24-18(4)23(27)21-16-26(17(2)3)22-9-7-6-8-20(21)22/h6-9,16-17,19,24H,4-5,10-15H2,1-3H3. The number of hydrogen-bond donors (Lipinski definition) is 1. The number of benzene rings is 1. The van der Waals surface area contributed by atoms with Crippen molar-refractivity contribution in [1.82, 2.24) is 14.8 Å². The summed E-state index contributed by atoms with van der Waals surface area (Å²) in [7, 11) is 0. The predicted octanol–water partition coefficient (Wildman–Crippen LogP) is 4.63. The summed E-state index contributed by atoms with van der Waals surface area (Å²) in [5.41, 5.74) is 2.33. The Morgan fingerprint density at radius 2 is 1.96 bits per heavy atom. The van der Waals surface area contributed by atoms with Gasteiger partial charge in [0.05, 0.1) is 5.70 Å². The van der Waals surface area contributed by atoms with E-state index in [1.54, 1.807) is 0 Å². The lowest BCUT2D eigenvalue weighted by Gasteiger charge is -2.31. The predicted molar refractivity (Wildman–Crippen MR) is 113 cm³/mol. The fraction of sp³-hybridized carbons (Fsp3) is 0.522. The number of para-hydroxylation sites is 1. The van der Waals surface area contributed by atoms with E-state index in [-0.39, 0.29) is 5.78 Å². The second-order valence-electron chi connectivity index (χ2n) is 7.99. The van der Waals surface area contributed by atoms with E-state index < -0.39 is 0 Å². The van der Waals surface area contributed by atoms with Crippen LogP contribution in [0.15, 0.2) is 42.7 Å². The van der Waals surface area contributed by atoms with E-state index in [1.165, 1.54) is 32.4 Å². The van der Waals surface area contributed by atoms with E-state index in [4.69, 9.17) is 0 Å². The van der Waals surface area contributed by atoms with Crippen molar-refractivity contribution in [3.8, 4) is 0 Å². The van der Waals surface area contributed by atoms with Crippen LogP contribution in [0.4, 0.5) is 0 Å². The first-order valence-electron chi connectivity index (χ1n) is 10.3.